The Morgan fingerprint density at radius 3 is 1.35 bits per heavy atom. The molecule has 3 aromatic rings. The van der Waals surface area contributed by atoms with Gasteiger partial charge in [0.2, 0.25) is 0 Å². The predicted octanol–water partition coefficient (Wildman–Crippen LogP) is 7.79. The lowest BCUT2D eigenvalue weighted by atomic mass is 9.94. The first-order chi connectivity index (χ1) is 37.3. The summed E-state index contributed by atoms with van der Waals surface area (Å²) < 4.78 is 60.3. The SMILES string of the molecule is Cc1cn([C@@H]2O[C@]34CO[Si](C(C)C)(C(C)C)O[Si](C(C)C)(C(C)C)O[C@@H]3C2ON(C)C4)c(=O)[nH]c1=O.Cc1cn([C@@H]2O[C@]34CO[Si](C(C)C)(C(C)C)O[Si](C(C)C)(C(C)C)O[C@@H]3C2ON(C)C4)c(=O)n(C(=O)c2ccccc2)c1=O. The first-order valence-electron chi connectivity index (χ1n) is 28.7. The van der Waals surface area contributed by atoms with E-state index >= 15 is 0 Å². The van der Waals surface area contributed by atoms with Gasteiger partial charge in [0, 0.05) is 43.2 Å². The minimum absolute atomic E-state index is 0.0819. The molecule has 6 aliphatic rings. The van der Waals surface area contributed by atoms with Crippen LogP contribution in [0, 0.1) is 13.8 Å². The molecule has 21 nitrogen and oxygen atoms in total. The highest BCUT2D eigenvalue weighted by molar-refractivity contribution is 6.84. The zero-order valence-corrected chi connectivity index (χ0v) is 54.8. The van der Waals surface area contributed by atoms with E-state index in [-0.39, 0.29) is 68.7 Å². The average Bonchev–Trinajstić information content (AvgIpc) is 3.77. The number of nitrogens with one attached hydrogen (secondary N) is 1. The molecule has 6 saturated heterocycles. The van der Waals surface area contributed by atoms with Crippen LogP contribution in [0.2, 0.25) is 44.3 Å². The fourth-order valence-electron chi connectivity index (χ4n) is 13.3. The van der Waals surface area contributed by atoms with Crippen molar-refractivity contribution in [2.45, 2.75) is 217 Å². The molecule has 8 atom stereocenters. The van der Waals surface area contributed by atoms with Crippen LogP contribution in [0.25, 0.3) is 0 Å². The molecule has 4 bridgehead atoms. The van der Waals surface area contributed by atoms with Crippen LogP contribution < -0.4 is 22.5 Å². The summed E-state index contributed by atoms with van der Waals surface area (Å²) in [6.45, 7) is 39.1. The van der Waals surface area contributed by atoms with Crippen LogP contribution in [0.4, 0.5) is 0 Å². The van der Waals surface area contributed by atoms with Crippen molar-refractivity contribution < 1.29 is 49.9 Å². The molecule has 446 valence electrons. The lowest BCUT2D eigenvalue weighted by molar-refractivity contribution is -0.257. The molecule has 2 aromatic heterocycles. The van der Waals surface area contributed by atoms with Crippen LogP contribution >= 0.6 is 0 Å². The highest BCUT2D eigenvalue weighted by atomic mass is 28.5. The number of aromatic amines is 1. The number of nitrogens with zero attached hydrogens (tertiary/aromatic N) is 5. The Hall–Kier alpha value is -3.36. The Morgan fingerprint density at radius 2 is 0.950 bits per heavy atom. The average molecular weight is 1190 g/mol. The number of aromatic nitrogens is 4. The van der Waals surface area contributed by atoms with Crippen LogP contribution in [-0.4, -0.2) is 145 Å². The van der Waals surface area contributed by atoms with E-state index in [0.717, 1.165) is 0 Å². The second kappa shape index (κ2) is 22.9. The number of carbonyl (C=O) groups excluding carboxylic acids is 1. The third-order valence-electron chi connectivity index (χ3n) is 17.5. The zero-order valence-electron chi connectivity index (χ0n) is 50.8. The van der Waals surface area contributed by atoms with Gasteiger partial charge in [-0.05, 0) is 70.3 Å². The summed E-state index contributed by atoms with van der Waals surface area (Å²) in [5, 5.41) is 3.46. The van der Waals surface area contributed by atoms with Crippen molar-refractivity contribution in [3.63, 3.8) is 0 Å². The molecule has 0 amide bonds. The highest BCUT2D eigenvalue weighted by Crippen LogP contribution is 2.55. The number of carbonyl (C=O) groups is 1. The summed E-state index contributed by atoms with van der Waals surface area (Å²) in [6, 6.07) is 8.29. The Balaban J connectivity index is 0.000000215. The van der Waals surface area contributed by atoms with E-state index in [9.17, 15) is 24.0 Å². The lowest BCUT2D eigenvalue weighted by Crippen LogP contribution is -2.71. The van der Waals surface area contributed by atoms with Crippen LogP contribution in [-0.2, 0) is 45.1 Å². The molecule has 9 rings (SSSR count). The standard InChI is InChI=1S/C31H47N3O8Si2.C24H43N3O7Si2/c1-19(2)43(20(3)4)38-18-31-17-32(10)40-25(26(31)41-44(42-43,21(5)6)22(7)8)29(39-31)33-16-23(9)27(35)34(30(33)37)28(36)24-14-12-11-13-15-24;1-14(2)35(15(3)4)30-13-24-12-26(10)32-19(20(24)33-36(34-35,16(5)6)17(7)8)22(31-24)27-11-18(9)21(28)25-23(27)29/h11-16,19-22,25-26,29H,17-18H2,1-10H3;11,14-17,19-20,22H,12-13H2,1-10H3,(H,25,28,29)/t25?,26-,29-,31-;19?,20-,22-,24-/m11/s1. The van der Waals surface area contributed by atoms with E-state index in [4.69, 9.17) is 45.1 Å². The molecule has 0 aliphatic carbocycles. The van der Waals surface area contributed by atoms with Crippen molar-refractivity contribution in [1.29, 1.82) is 0 Å². The molecule has 80 heavy (non-hydrogen) atoms. The van der Waals surface area contributed by atoms with Crippen LogP contribution in [0.5, 0.6) is 0 Å². The summed E-state index contributed by atoms with van der Waals surface area (Å²) >= 11 is 0. The maximum atomic E-state index is 14.1. The molecule has 0 saturated carbocycles. The highest BCUT2D eigenvalue weighted by Gasteiger charge is 2.71. The molecule has 1 N–H and O–H groups in total. The molecule has 1 aromatic carbocycles. The number of rotatable bonds is 11. The van der Waals surface area contributed by atoms with Gasteiger partial charge < -0.3 is 35.4 Å². The molecule has 25 heteroatoms. The first-order valence-corrected chi connectivity index (χ1v) is 36.6. The van der Waals surface area contributed by atoms with Crippen molar-refractivity contribution in [3.8, 4) is 0 Å². The van der Waals surface area contributed by atoms with Crippen molar-refractivity contribution >= 4 is 40.2 Å². The lowest BCUT2D eigenvalue weighted by Gasteiger charge is -2.55. The number of ether oxygens (including phenoxy) is 2. The zero-order chi connectivity index (χ0) is 59.1. The Morgan fingerprint density at radius 1 is 0.562 bits per heavy atom. The molecular weight excluding hydrogens is 1100 g/mol. The number of likely N-dealkylation sites (N-methyl/N-ethyl adjacent to an activating group) is 2. The Kier molecular flexibility index (Phi) is 17.9. The van der Waals surface area contributed by atoms with Crippen molar-refractivity contribution in [3.05, 3.63) is 101 Å². The van der Waals surface area contributed by atoms with Gasteiger partial charge in [-0.15, -0.1) is 0 Å². The second-order valence-electron chi connectivity index (χ2n) is 25.6. The van der Waals surface area contributed by atoms with Gasteiger partial charge in [0.25, 0.3) is 17.0 Å². The number of aryl methyl sites for hydroxylation is 2. The summed E-state index contributed by atoms with van der Waals surface area (Å²) in [6.07, 6.45) is -1.30. The quantitative estimate of drug-likeness (QED) is 0.181. The van der Waals surface area contributed by atoms with Crippen LogP contribution in [0.15, 0.2) is 61.9 Å². The van der Waals surface area contributed by atoms with Crippen molar-refractivity contribution in [2.75, 3.05) is 40.4 Å². The molecule has 8 heterocycles. The normalized spacial score (nSPS) is 30.1. The van der Waals surface area contributed by atoms with Gasteiger partial charge in [-0.1, -0.05) is 129 Å². The maximum absolute atomic E-state index is 14.1. The monoisotopic (exact) mass is 1190 g/mol. The number of hydroxylamine groups is 4. The number of hydrogen-bond acceptors (Lipinski definition) is 17. The summed E-state index contributed by atoms with van der Waals surface area (Å²) in [5.74, 6) is -0.704. The van der Waals surface area contributed by atoms with Crippen LogP contribution in [0.3, 0.4) is 0 Å². The summed E-state index contributed by atoms with van der Waals surface area (Å²) in [7, 11) is -7.91. The van der Waals surface area contributed by atoms with E-state index < -0.39 is 111 Å². The van der Waals surface area contributed by atoms with Crippen molar-refractivity contribution in [2.24, 2.45) is 0 Å². The Bertz CT molecular complexity index is 2950. The van der Waals surface area contributed by atoms with E-state index in [2.05, 4.69) is 116 Å². The maximum Gasteiger partial charge on any atom is 0.340 e. The van der Waals surface area contributed by atoms with Crippen LogP contribution in [0.1, 0.15) is 145 Å². The van der Waals surface area contributed by atoms with Gasteiger partial charge in [-0.3, -0.25) is 38.2 Å². The summed E-state index contributed by atoms with van der Waals surface area (Å²) in [5.41, 5.74) is -2.26. The molecular formula is C55H90N6O15Si4. The molecule has 2 unspecified atom stereocenters. The molecule has 0 radical (unpaired) electrons. The van der Waals surface area contributed by atoms with E-state index in [1.165, 1.54) is 21.5 Å². The molecule has 6 fully saturated rings. The van der Waals surface area contributed by atoms with Gasteiger partial charge in [-0.25, -0.2) is 9.59 Å². The third-order valence-corrected chi connectivity index (χ3v) is 37.9. The van der Waals surface area contributed by atoms with Crippen molar-refractivity contribution in [1.82, 2.24) is 28.8 Å². The van der Waals surface area contributed by atoms with Gasteiger partial charge in [0.1, 0.15) is 23.4 Å². The fraction of sp³-hybridized carbons (Fsp3) is 0.727. The molecule has 6 aliphatic heterocycles. The third kappa shape index (κ3) is 10.5. The van der Waals surface area contributed by atoms with Gasteiger partial charge >= 0.3 is 45.6 Å². The van der Waals surface area contributed by atoms with Gasteiger partial charge in [0.05, 0.1) is 26.3 Å². The largest absolute Gasteiger partial charge is 0.414 e. The summed E-state index contributed by atoms with van der Waals surface area (Å²) in [4.78, 5) is 80.8. The minimum atomic E-state index is -3.04. The fourth-order valence-corrected chi connectivity index (χ4v) is 35.9. The number of hydrogen-bond donors (Lipinski definition) is 1. The van der Waals surface area contributed by atoms with Gasteiger partial charge in [-0.2, -0.15) is 14.7 Å². The smallest absolute Gasteiger partial charge is 0.340 e. The number of H-pyrrole nitrogens is 1. The second-order valence-corrected chi connectivity index (χ2v) is 43.3. The number of benzene rings is 1. The molecule has 0 spiro atoms. The first kappa shape index (κ1) is 62.7. The minimum Gasteiger partial charge on any atom is -0.414 e. The van der Waals surface area contributed by atoms with E-state index in [1.807, 2.05) is 14.1 Å². The Labute approximate surface area is 475 Å². The van der Waals surface area contributed by atoms with Gasteiger partial charge in [0.15, 0.2) is 24.7 Å². The topological polar surface area (TPSA) is 215 Å². The van der Waals surface area contributed by atoms with E-state index in [0.29, 0.717) is 23.2 Å². The van der Waals surface area contributed by atoms with E-state index in [1.54, 1.807) is 54.3 Å². The predicted molar refractivity (Wildman–Crippen MR) is 310 cm³/mol.